The van der Waals surface area contributed by atoms with E-state index in [-0.39, 0.29) is 0 Å². The SMILES string of the molecule is CCOCCn1nc(-c2ccc(N)cc2)nc1-c1cnn(-c2ccccc2)c1C. The lowest BCUT2D eigenvalue weighted by atomic mass is 10.2. The van der Waals surface area contributed by atoms with Crippen LogP contribution < -0.4 is 5.73 Å². The van der Waals surface area contributed by atoms with Crippen LogP contribution in [-0.2, 0) is 11.3 Å². The highest BCUT2D eigenvalue weighted by molar-refractivity contribution is 5.64. The van der Waals surface area contributed by atoms with Crippen LogP contribution in [-0.4, -0.2) is 37.8 Å². The number of rotatable bonds is 7. The van der Waals surface area contributed by atoms with Crippen molar-refractivity contribution in [2.75, 3.05) is 18.9 Å². The van der Waals surface area contributed by atoms with Crippen molar-refractivity contribution >= 4 is 5.69 Å². The maximum atomic E-state index is 5.82. The van der Waals surface area contributed by atoms with Crippen molar-refractivity contribution < 1.29 is 4.74 Å². The maximum Gasteiger partial charge on any atom is 0.181 e. The lowest BCUT2D eigenvalue weighted by molar-refractivity contribution is 0.136. The fraction of sp³-hybridized carbons (Fsp3) is 0.227. The Balaban J connectivity index is 1.75. The van der Waals surface area contributed by atoms with Gasteiger partial charge >= 0.3 is 0 Å². The molecule has 0 saturated carbocycles. The Kier molecular flexibility index (Phi) is 5.39. The molecular weight excluding hydrogens is 364 g/mol. The molecule has 29 heavy (non-hydrogen) atoms. The fourth-order valence-electron chi connectivity index (χ4n) is 3.21. The Morgan fingerprint density at radius 3 is 2.52 bits per heavy atom. The van der Waals surface area contributed by atoms with Crippen LogP contribution in [0.4, 0.5) is 5.69 Å². The highest BCUT2D eigenvalue weighted by atomic mass is 16.5. The number of nitrogen functional groups attached to an aromatic ring is 1. The molecule has 7 nitrogen and oxygen atoms in total. The first kappa shape index (κ1) is 18.9. The summed E-state index contributed by atoms with van der Waals surface area (Å²) in [6, 6.07) is 17.6. The van der Waals surface area contributed by atoms with E-state index in [9.17, 15) is 0 Å². The first-order valence-electron chi connectivity index (χ1n) is 9.66. The first-order chi connectivity index (χ1) is 14.2. The molecule has 2 N–H and O–H groups in total. The van der Waals surface area contributed by atoms with Gasteiger partial charge in [0.15, 0.2) is 11.6 Å². The van der Waals surface area contributed by atoms with Gasteiger partial charge in [0.2, 0.25) is 0 Å². The lowest BCUT2D eigenvalue weighted by Crippen LogP contribution is -2.09. The summed E-state index contributed by atoms with van der Waals surface area (Å²) in [6.07, 6.45) is 1.84. The summed E-state index contributed by atoms with van der Waals surface area (Å²) in [5.74, 6) is 1.43. The molecule has 0 amide bonds. The Morgan fingerprint density at radius 1 is 1.03 bits per heavy atom. The summed E-state index contributed by atoms with van der Waals surface area (Å²) < 4.78 is 9.34. The van der Waals surface area contributed by atoms with E-state index in [1.807, 2.05) is 84.0 Å². The third-order valence-electron chi connectivity index (χ3n) is 4.74. The summed E-state index contributed by atoms with van der Waals surface area (Å²) in [5, 5.41) is 9.31. The van der Waals surface area contributed by atoms with Gasteiger partial charge in [-0.15, -0.1) is 0 Å². The van der Waals surface area contributed by atoms with E-state index in [0.29, 0.717) is 31.3 Å². The highest BCUT2D eigenvalue weighted by Crippen LogP contribution is 2.27. The minimum atomic E-state index is 0.569. The molecule has 0 aliphatic carbocycles. The van der Waals surface area contributed by atoms with E-state index in [1.165, 1.54) is 0 Å². The summed E-state index contributed by atoms with van der Waals surface area (Å²) in [5.41, 5.74) is 10.4. The molecule has 2 aromatic carbocycles. The number of nitrogens with two attached hydrogens (primary N) is 1. The topological polar surface area (TPSA) is 83.8 Å². The monoisotopic (exact) mass is 388 g/mol. The number of ether oxygens (including phenoxy) is 1. The molecule has 0 saturated heterocycles. The van der Waals surface area contributed by atoms with Crippen LogP contribution in [0.25, 0.3) is 28.5 Å². The quantitative estimate of drug-likeness (QED) is 0.385. The van der Waals surface area contributed by atoms with Crippen LogP contribution in [0.1, 0.15) is 12.6 Å². The normalized spacial score (nSPS) is 11.1. The Hall–Kier alpha value is -3.45. The largest absolute Gasteiger partial charge is 0.399 e. The van der Waals surface area contributed by atoms with E-state index in [1.54, 1.807) is 0 Å². The van der Waals surface area contributed by atoms with Gasteiger partial charge in [0.25, 0.3) is 0 Å². The van der Waals surface area contributed by atoms with E-state index in [2.05, 4.69) is 5.10 Å². The Morgan fingerprint density at radius 2 is 1.79 bits per heavy atom. The van der Waals surface area contributed by atoms with E-state index < -0.39 is 0 Å². The minimum Gasteiger partial charge on any atom is -0.399 e. The number of hydrogen-bond acceptors (Lipinski definition) is 5. The van der Waals surface area contributed by atoms with E-state index in [4.69, 9.17) is 20.6 Å². The molecule has 0 bridgehead atoms. The van der Waals surface area contributed by atoms with Crippen molar-refractivity contribution in [2.45, 2.75) is 20.4 Å². The predicted octanol–water partition coefficient (Wildman–Crippen LogP) is 3.72. The zero-order chi connectivity index (χ0) is 20.2. The van der Waals surface area contributed by atoms with Gasteiger partial charge in [-0.1, -0.05) is 18.2 Å². The van der Waals surface area contributed by atoms with Crippen LogP contribution in [0.15, 0.2) is 60.8 Å². The molecule has 4 rings (SSSR count). The zero-order valence-electron chi connectivity index (χ0n) is 16.6. The number of benzene rings is 2. The highest BCUT2D eigenvalue weighted by Gasteiger charge is 2.18. The van der Waals surface area contributed by atoms with Crippen molar-refractivity contribution in [2.24, 2.45) is 0 Å². The van der Waals surface area contributed by atoms with E-state index >= 15 is 0 Å². The Bertz CT molecular complexity index is 1080. The lowest BCUT2D eigenvalue weighted by Gasteiger charge is -2.07. The molecule has 0 radical (unpaired) electrons. The first-order valence-corrected chi connectivity index (χ1v) is 9.66. The smallest absolute Gasteiger partial charge is 0.181 e. The Labute approximate surface area is 169 Å². The molecule has 7 heteroatoms. The molecule has 0 unspecified atom stereocenters. The number of anilines is 1. The molecule has 0 aliphatic heterocycles. The standard InChI is InChI=1S/C22H24N6O/c1-3-29-14-13-27-22(25-21(26-27)17-9-11-18(23)12-10-17)20-15-24-28(16(20)2)19-7-5-4-6-8-19/h4-12,15H,3,13-14,23H2,1-2H3. The second-order valence-corrected chi connectivity index (χ2v) is 6.69. The number of aromatic nitrogens is 5. The molecule has 4 aromatic rings. The second-order valence-electron chi connectivity index (χ2n) is 6.69. The summed E-state index contributed by atoms with van der Waals surface area (Å²) in [7, 11) is 0. The molecule has 2 aromatic heterocycles. The summed E-state index contributed by atoms with van der Waals surface area (Å²) in [4.78, 5) is 4.83. The van der Waals surface area contributed by atoms with Gasteiger partial charge in [0, 0.05) is 17.9 Å². The van der Waals surface area contributed by atoms with Gasteiger partial charge < -0.3 is 10.5 Å². The summed E-state index contributed by atoms with van der Waals surface area (Å²) in [6.45, 7) is 5.87. The maximum absolute atomic E-state index is 5.82. The minimum absolute atomic E-state index is 0.569. The molecule has 0 spiro atoms. The van der Waals surface area contributed by atoms with Gasteiger partial charge in [-0.3, -0.25) is 0 Å². The van der Waals surface area contributed by atoms with E-state index in [0.717, 1.165) is 28.3 Å². The van der Waals surface area contributed by atoms with Crippen LogP contribution in [0.2, 0.25) is 0 Å². The number of para-hydroxylation sites is 1. The summed E-state index contributed by atoms with van der Waals surface area (Å²) >= 11 is 0. The van der Waals surface area contributed by atoms with Crippen LogP contribution in [0.5, 0.6) is 0 Å². The van der Waals surface area contributed by atoms with Crippen molar-refractivity contribution in [1.82, 2.24) is 24.5 Å². The van der Waals surface area contributed by atoms with Crippen molar-refractivity contribution in [3.8, 4) is 28.5 Å². The van der Waals surface area contributed by atoms with Crippen molar-refractivity contribution in [3.63, 3.8) is 0 Å². The molecule has 0 fully saturated rings. The van der Waals surface area contributed by atoms with Gasteiger partial charge in [0.05, 0.1) is 36.3 Å². The zero-order valence-corrected chi connectivity index (χ0v) is 16.6. The second kappa shape index (κ2) is 8.28. The third kappa shape index (κ3) is 3.90. The fourth-order valence-corrected chi connectivity index (χ4v) is 3.21. The van der Waals surface area contributed by atoms with Crippen molar-refractivity contribution in [1.29, 1.82) is 0 Å². The average Bonchev–Trinajstić information content (AvgIpc) is 3.33. The predicted molar refractivity (Wildman–Crippen MR) is 114 cm³/mol. The van der Waals surface area contributed by atoms with Gasteiger partial charge in [-0.2, -0.15) is 10.2 Å². The van der Waals surface area contributed by atoms with Gasteiger partial charge in [-0.25, -0.2) is 14.3 Å². The van der Waals surface area contributed by atoms with Gasteiger partial charge in [-0.05, 0) is 50.2 Å². The van der Waals surface area contributed by atoms with Gasteiger partial charge in [0.1, 0.15) is 0 Å². The van der Waals surface area contributed by atoms with Crippen LogP contribution in [0.3, 0.4) is 0 Å². The molecule has 2 heterocycles. The van der Waals surface area contributed by atoms with Crippen LogP contribution in [0, 0.1) is 6.92 Å². The average molecular weight is 388 g/mol. The molecular formula is C22H24N6O. The molecule has 0 aliphatic rings. The number of hydrogen-bond donors (Lipinski definition) is 1. The molecule has 0 atom stereocenters. The third-order valence-corrected chi connectivity index (χ3v) is 4.74. The molecule has 148 valence electrons. The van der Waals surface area contributed by atoms with Crippen LogP contribution >= 0.6 is 0 Å². The van der Waals surface area contributed by atoms with Crippen molar-refractivity contribution in [3.05, 3.63) is 66.5 Å². The number of nitrogens with zero attached hydrogens (tertiary/aromatic N) is 5.